The average molecular weight is 297 g/mol. The monoisotopic (exact) mass is 297 g/mol. The summed E-state index contributed by atoms with van der Waals surface area (Å²) in [4.78, 5) is 13.1. The molecule has 0 radical (unpaired) electrons. The maximum atomic E-state index is 12.5. The van der Waals surface area contributed by atoms with E-state index < -0.39 is 27.7 Å². The summed E-state index contributed by atoms with van der Waals surface area (Å²) in [6.45, 7) is 7.38. The molecule has 0 bridgehead atoms. The molecule has 0 saturated heterocycles. The number of rotatable bonds is 7. The second-order valence-corrected chi connectivity index (χ2v) is 6.90. The van der Waals surface area contributed by atoms with Crippen LogP contribution in [0.2, 0.25) is 0 Å². The molecule has 0 aromatic rings. The van der Waals surface area contributed by atoms with Crippen molar-refractivity contribution in [1.82, 2.24) is 4.90 Å². The van der Waals surface area contributed by atoms with E-state index in [0.29, 0.717) is 6.54 Å². The summed E-state index contributed by atoms with van der Waals surface area (Å²) in [7, 11) is -4.58. The molecular formula is C12H24FNO4S. The van der Waals surface area contributed by atoms with Crippen LogP contribution in [-0.4, -0.2) is 43.9 Å². The lowest BCUT2D eigenvalue weighted by Crippen LogP contribution is -2.39. The Morgan fingerprint density at radius 1 is 1.21 bits per heavy atom. The topological polar surface area (TPSA) is 63.7 Å². The number of carbonyl (C=O) groups excluding carboxylic acids is 1. The molecular weight excluding hydrogens is 273 g/mol. The van der Waals surface area contributed by atoms with Gasteiger partial charge in [0.15, 0.2) is 0 Å². The van der Waals surface area contributed by atoms with E-state index in [0.717, 1.165) is 19.3 Å². The highest BCUT2D eigenvalue weighted by Crippen LogP contribution is 2.11. The maximum Gasteiger partial charge on any atom is 0.410 e. The largest absolute Gasteiger partial charge is 0.444 e. The molecule has 0 atom stereocenters. The molecule has 0 heterocycles. The van der Waals surface area contributed by atoms with Gasteiger partial charge in [-0.25, -0.2) is 4.79 Å². The lowest BCUT2D eigenvalue weighted by molar-refractivity contribution is 0.0258. The van der Waals surface area contributed by atoms with Crippen LogP contribution < -0.4 is 0 Å². The van der Waals surface area contributed by atoms with Crippen molar-refractivity contribution in [3.05, 3.63) is 0 Å². The quantitative estimate of drug-likeness (QED) is 0.535. The number of ether oxygens (including phenoxy) is 1. The standard InChI is InChI=1S/C12H24FNO4S/c1-5-6-7-8-14(9-10-19(13,16)17)11(15)18-12(2,3)4/h5-10H2,1-4H3. The number of carbonyl (C=O) groups is 1. The van der Waals surface area contributed by atoms with Crippen molar-refractivity contribution in [3.8, 4) is 0 Å². The maximum absolute atomic E-state index is 12.5. The first-order chi connectivity index (χ1) is 8.55. The first-order valence-electron chi connectivity index (χ1n) is 6.45. The van der Waals surface area contributed by atoms with E-state index in [1.54, 1.807) is 20.8 Å². The van der Waals surface area contributed by atoms with Crippen molar-refractivity contribution < 1.29 is 21.8 Å². The van der Waals surface area contributed by atoms with Crippen LogP contribution in [0.1, 0.15) is 47.0 Å². The van der Waals surface area contributed by atoms with E-state index in [2.05, 4.69) is 0 Å². The molecule has 0 unspecified atom stereocenters. The second kappa shape index (κ2) is 7.67. The van der Waals surface area contributed by atoms with Crippen molar-refractivity contribution >= 4 is 16.3 Å². The molecule has 1 amide bonds. The minimum Gasteiger partial charge on any atom is -0.444 e. The third-order valence-electron chi connectivity index (χ3n) is 2.29. The minimum atomic E-state index is -4.58. The van der Waals surface area contributed by atoms with Crippen LogP contribution in [0.5, 0.6) is 0 Å². The van der Waals surface area contributed by atoms with Gasteiger partial charge in [-0.05, 0) is 27.2 Å². The van der Waals surface area contributed by atoms with Gasteiger partial charge in [0.25, 0.3) is 0 Å². The Kier molecular flexibility index (Phi) is 7.33. The summed E-state index contributed by atoms with van der Waals surface area (Å²) in [5.74, 6) is -0.696. The van der Waals surface area contributed by atoms with Gasteiger partial charge in [-0.2, -0.15) is 8.42 Å². The fourth-order valence-electron chi connectivity index (χ4n) is 1.39. The Morgan fingerprint density at radius 3 is 2.21 bits per heavy atom. The van der Waals surface area contributed by atoms with E-state index >= 15 is 0 Å². The summed E-state index contributed by atoms with van der Waals surface area (Å²) in [6, 6.07) is 0. The third-order valence-corrected chi connectivity index (χ3v) is 2.96. The molecule has 0 fully saturated rings. The van der Waals surface area contributed by atoms with Crippen molar-refractivity contribution in [2.45, 2.75) is 52.6 Å². The Morgan fingerprint density at radius 2 is 1.79 bits per heavy atom. The molecule has 114 valence electrons. The van der Waals surface area contributed by atoms with Gasteiger partial charge in [0.05, 0.1) is 5.75 Å². The smallest absolute Gasteiger partial charge is 0.410 e. The van der Waals surface area contributed by atoms with Gasteiger partial charge in [-0.3, -0.25) is 0 Å². The number of hydrogen-bond acceptors (Lipinski definition) is 4. The molecule has 0 aliphatic carbocycles. The van der Waals surface area contributed by atoms with Gasteiger partial charge in [-0.1, -0.05) is 19.8 Å². The highest BCUT2D eigenvalue weighted by atomic mass is 32.3. The van der Waals surface area contributed by atoms with Crippen molar-refractivity contribution in [3.63, 3.8) is 0 Å². The van der Waals surface area contributed by atoms with E-state index in [4.69, 9.17) is 4.74 Å². The number of halogens is 1. The van der Waals surface area contributed by atoms with Gasteiger partial charge in [0.2, 0.25) is 0 Å². The zero-order valence-corrected chi connectivity index (χ0v) is 12.9. The summed E-state index contributed by atoms with van der Waals surface area (Å²) < 4.78 is 38.8. The molecule has 7 heteroatoms. The second-order valence-electron chi connectivity index (χ2n) is 5.42. The van der Waals surface area contributed by atoms with Crippen LogP contribution in [0.3, 0.4) is 0 Å². The van der Waals surface area contributed by atoms with Crippen LogP contribution in [-0.2, 0) is 15.0 Å². The number of hydrogen-bond donors (Lipinski definition) is 0. The normalized spacial score (nSPS) is 12.3. The van der Waals surface area contributed by atoms with Gasteiger partial charge in [-0.15, -0.1) is 3.89 Å². The zero-order valence-electron chi connectivity index (χ0n) is 12.1. The van der Waals surface area contributed by atoms with Crippen LogP contribution in [0, 0.1) is 0 Å². The third kappa shape index (κ3) is 10.7. The van der Waals surface area contributed by atoms with Crippen molar-refractivity contribution in [1.29, 1.82) is 0 Å². The van der Waals surface area contributed by atoms with Gasteiger partial charge in [0, 0.05) is 13.1 Å². The van der Waals surface area contributed by atoms with E-state index in [9.17, 15) is 17.1 Å². The highest BCUT2D eigenvalue weighted by molar-refractivity contribution is 7.86. The van der Waals surface area contributed by atoms with Crippen LogP contribution >= 0.6 is 0 Å². The Bertz CT molecular complexity index is 376. The van der Waals surface area contributed by atoms with E-state index in [1.807, 2.05) is 6.92 Å². The number of unbranched alkanes of at least 4 members (excludes halogenated alkanes) is 2. The summed E-state index contributed by atoms with van der Waals surface area (Å²) in [6.07, 6.45) is 2.03. The predicted octanol–water partition coefficient (Wildman–Crippen LogP) is 2.71. The molecule has 0 saturated carbocycles. The van der Waals surface area contributed by atoms with Gasteiger partial charge in [0.1, 0.15) is 5.60 Å². The Hall–Kier alpha value is -0.850. The molecule has 19 heavy (non-hydrogen) atoms. The van der Waals surface area contributed by atoms with Crippen molar-refractivity contribution in [2.24, 2.45) is 0 Å². The minimum absolute atomic E-state index is 0.183. The lowest BCUT2D eigenvalue weighted by atomic mass is 10.2. The number of amides is 1. The van der Waals surface area contributed by atoms with E-state index in [1.165, 1.54) is 4.90 Å². The molecule has 5 nitrogen and oxygen atoms in total. The van der Waals surface area contributed by atoms with Crippen LogP contribution in [0.4, 0.5) is 8.68 Å². The average Bonchev–Trinajstić information content (AvgIpc) is 2.18. The predicted molar refractivity (Wildman–Crippen MR) is 72.2 cm³/mol. The Balaban J connectivity index is 4.52. The lowest BCUT2D eigenvalue weighted by Gasteiger charge is -2.27. The molecule has 0 aliphatic heterocycles. The molecule has 0 aromatic carbocycles. The fraction of sp³-hybridized carbons (Fsp3) is 0.917. The van der Waals surface area contributed by atoms with Gasteiger partial charge >= 0.3 is 16.3 Å². The SMILES string of the molecule is CCCCCN(CCS(=O)(=O)F)C(=O)OC(C)(C)C. The Labute approximate surface area is 115 Å². The molecule has 0 aliphatic rings. The summed E-state index contributed by atoms with van der Waals surface area (Å²) in [5.41, 5.74) is -0.658. The summed E-state index contributed by atoms with van der Waals surface area (Å²) in [5, 5.41) is 0. The first kappa shape index (κ1) is 18.1. The van der Waals surface area contributed by atoms with E-state index in [-0.39, 0.29) is 6.54 Å². The van der Waals surface area contributed by atoms with Crippen molar-refractivity contribution in [2.75, 3.05) is 18.8 Å². The molecule has 0 spiro atoms. The van der Waals surface area contributed by atoms with Crippen LogP contribution in [0.15, 0.2) is 0 Å². The molecule has 0 rings (SSSR count). The molecule has 0 aromatic heterocycles. The fourth-order valence-corrected chi connectivity index (χ4v) is 1.83. The van der Waals surface area contributed by atoms with Crippen LogP contribution in [0.25, 0.3) is 0 Å². The zero-order chi connectivity index (χ0) is 15.1. The highest BCUT2D eigenvalue weighted by Gasteiger charge is 2.23. The summed E-state index contributed by atoms with van der Waals surface area (Å²) >= 11 is 0. The first-order valence-corrected chi connectivity index (χ1v) is 8.00. The number of nitrogens with zero attached hydrogens (tertiary/aromatic N) is 1. The van der Waals surface area contributed by atoms with Gasteiger partial charge < -0.3 is 9.64 Å². The molecule has 0 N–H and O–H groups in total.